The third-order valence-corrected chi connectivity index (χ3v) is 1.51. The molecular formula is C7H9NO2. The molecule has 0 spiro atoms. The SMILES string of the molecule is CC1(C)CC(C#N)C(=O)O1. The Bertz CT molecular complexity index is 202. The highest BCUT2D eigenvalue weighted by Gasteiger charge is 2.39. The Morgan fingerprint density at radius 2 is 2.40 bits per heavy atom. The van der Waals surface area contributed by atoms with Crippen LogP contribution in [0.25, 0.3) is 0 Å². The molecule has 0 aromatic carbocycles. The quantitative estimate of drug-likeness (QED) is 0.467. The normalized spacial score (nSPS) is 29.3. The highest BCUT2D eigenvalue weighted by Crippen LogP contribution is 2.29. The lowest BCUT2D eigenvalue weighted by Crippen LogP contribution is -2.17. The molecule has 1 unspecified atom stereocenters. The van der Waals surface area contributed by atoms with E-state index >= 15 is 0 Å². The van der Waals surface area contributed by atoms with E-state index in [1.807, 2.05) is 19.9 Å². The largest absolute Gasteiger partial charge is 0.459 e. The maximum Gasteiger partial charge on any atom is 0.324 e. The van der Waals surface area contributed by atoms with Gasteiger partial charge in [0, 0.05) is 6.42 Å². The zero-order valence-electron chi connectivity index (χ0n) is 6.05. The lowest BCUT2D eigenvalue weighted by molar-refractivity contribution is -0.147. The van der Waals surface area contributed by atoms with Gasteiger partial charge in [-0.25, -0.2) is 0 Å². The van der Waals surface area contributed by atoms with E-state index in [1.165, 1.54) is 0 Å². The third kappa shape index (κ3) is 1.10. The zero-order chi connectivity index (χ0) is 7.78. The molecule has 1 rings (SSSR count). The number of rotatable bonds is 0. The summed E-state index contributed by atoms with van der Waals surface area (Å²) in [4.78, 5) is 10.8. The van der Waals surface area contributed by atoms with Gasteiger partial charge in [-0.15, -0.1) is 0 Å². The maximum atomic E-state index is 10.8. The van der Waals surface area contributed by atoms with Crippen LogP contribution in [0, 0.1) is 17.2 Å². The van der Waals surface area contributed by atoms with Crippen LogP contribution >= 0.6 is 0 Å². The summed E-state index contributed by atoms with van der Waals surface area (Å²) in [5.41, 5.74) is -0.433. The number of hydrogen-bond donors (Lipinski definition) is 0. The van der Waals surface area contributed by atoms with Crippen molar-refractivity contribution in [3.05, 3.63) is 0 Å². The van der Waals surface area contributed by atoms with E-state index in [0.717, 1.165) is 0 Å². The van der Waals surface area contributed by atoms with Crippen molar-refractivity contribution >= 4 is 5.97 Å². The minimum absolute atomic E-state index is 0.382. The van der Waals surface area contributed by atoms with Crippen LogP contribution in [0.15, 0.2) is 0 Å². The Morgan fingerprint density at radius 3 is 2.60 bits per heavy atom. The van der Waals surface area contributed by atoms with Crippen LogP contribution in [-0.4, -0.2) is 11.6 Å². The van der Waals surface area contributed by atoms with E-state index in [-0.39, 0.29) is 5.97 Å². The van der Waals surface area contributed by atoms with Crippen molar-refractivity contribution in [2.45, 2.75) is 25.9 Å². The topological polar surface area (TPSA) is 50.1 Å². The number of nitriles is 1. The second-order valence-corrected chi connectivity index (χ2v) is 3.07. The predicted octanol–water partition coefficient (Wildman–Crippen LogP) is 0.852. The monoisotopic (exact) mass is 139 g/mol. The average molecular weight is 139 g/mol. The van der Waals surface area contributed by atoms with Gasteiger partial charge in [0.15, 0.2) is 0 Å². The van der Waals surface area contributed by atoms with Crippen LogP contribution in [0.1, 0.15) is 20.3 Å². The molecule has 1 aliphatic rings. The summed E-state index contributed by atoms with van der Waals surface area (Å²) in [5.74, 6) is -0.928. The van der Waals surface area contributed by atoms with Gasteiger partial charge >= 0.3 is 5.97 Å². The molecule has 10 heavy (non-hydrogen) atoms. The number of esters is 1. The molecule has 1 heterocycles. The van der Waals surface area contributed by atoms with E-state index in [1.54, 1.807) is 0 Å². The predicted molar refractivity (Wildman–Crippen MR) is 33.9 cm³/mol. The molecule has 1 atom stereocenters. The van der Waals surface area contributed by atoms with Gasteiger partial charge in [0.05, 0.1) is 6.07 Å². The van der Waals surface area contributed by atoms with Crippen LogP contribution in [0.2, 0.25) is 0 Å². The van der Waals surface area contributed by atoms with Crippen LogP contribution in [0.5, 0.6) is 0 Å². The fourth-order valence-electron chi connectivity index (χ4n) is 1.06. The van der Waals surface area contributed by atoms with Gasteiger partial charge in [-0.05, 0) is 13.8 Å². The molecule has 0 amide bonds. The van der Waals surface area contributed by atoms with Crippen molar-refractivity contribution in [3.8, 4) is 6.07 Å². The second kappa shape index (κ2) is 1.98. The minimum Gasteiger partial charge on any atom is -0.459 e. The Balaban J connectivity index is 2.73. The summed E-state index contributed by atoms with van der Waals surface area (Å²) >= 11 is 0. The molecule has 0 N–H and O–H groups in total. The van der Waals surface area contributed by atoms with Crippen LogP contribution in [0.3, 0.4) is 0 Å². The van der Waals surface area contributed by atoms with Crippen LogP contribution in [0.4, 0.5) is 0 Å². The molecule has 0 aromatic heterocycles. The molecule has 3 heteroatoms. The van der Waals surface area contributed by atoms with Gasteiger partial charge in [0.25, 0.3) is 0 Å². The number of ether oxygens (including phenoxy) is 1. The summed E-state index contributed by atoms with van der Waals surface area (Å²) in [5, 5.41) is 8.42. The molecule has 0 aromatic rings. The molecule has 1 fully saturated rings. The summed E-state index contributed by atoms with van der Waals surface area (Å²) in [6.45, 7) is 3.62. The van der Waals surface area contributed by atoms with E-state index < -0.39 is 11.5 Å². The fraction of sp³-hybridized carbons (Fsp3) is 0.714. The van der Waals surface area contributed by atoms with E-state index in [4.69, 9.17) is 10.00 Å². The highest BCUT2D eigenvalue weighted by molar-refractivity contribution is 5.77. The maximum absolute atomic E-state index is 10.8. The van der Waals surface area contributed by atoms with Crippen molar-refractivity contribution in [3.63, 3.8) is 0 Å². The van der Waals surface area contributed by atoms with Gasteiger partial charge in [-0.1, -0.05) is 0 Å². The molecular weight excluding hydrogens is 130 g/mol. The molecule has 3 nitrogen and oxygen atoms in total. The highest BCUT2D eigenvalue weighted by atomic mass is 16.6. The molecule has 0 aliphatic carbocycles. The molecule has 1 aliphatic heterocycles. The van der Waals surface area contributed by atoms with E-state index in [2.05, 4.69) is 0 Å². The minimum atomic E-state index is -0.546. The standard InChI is InChI=1S/C7H9NO2/c1-7(2)3-5(4-8)6(9)10-7/h5H,3H2,1-2H3. The Hall–Kier alpha value is -1.04. The number of cyclic esters (lactones) is 1. The summed E-state index contributed by atoms with van der Waals surface area (Å²) in [7, 11) is 0. The summed E-state index contributed by atoms with van der Waals surface area (Å²) in [6, 6.07) is 1.89. The fourth-order valence-corrected chi connectivity index (χ4v) is 1.06. The number of carbonyl (C=O) groups is 1. The number of nitrogens with zero attached hydrogens (tertiary/aromatic N) is 1. The smallest absolute Gasteiger partial charge is 0.324 e. The van der Waals surface area contributed by atoms with Crippen LogP contribution < -0.4 is 0 Å². The van der Waals surface area contributed by atoms with Gasteiger partial charge in [-0.3, -0.25) is 4.79 Å². The van der Waals surface area contributed by atoms with Crippen molar-refractivity contribution in [2.24, 2.45) is 5.92 Å². The second-order valence-electron chi connectivity index (χ2n) is 3.07. The first-order chi connectivity index (χ1) is 4.55. The molecule has 1 saturated heterocycles. The molecule has 0 radical (unpaired) electrons. The van der Waals surface area contributed by atoms with E-state index in [0.29, 0.717) is 6.42 Å². The number of carbonyl (C=O) groups excluding carboxylic acids is 1. The van der Waals surface area contributed by atoms with Gasteiger partial charge in [0.1, 0.15) is 11.5 Å². The third-order valence-electron chi connectivity index (χ3n) is 1.51. The lowest BCUT2D eigenvalue weighted by Gasteiger charge is -2.13. The molecule has 0 bridgehead atoms. The number of hydrogen-bond acceptors (Lipinski definition) is 3. The first kappa shape index (κ1) is 7.07. The Labute approximate surface area is 59.6 Å². The Morgan fingerprint density at radius 1 is 1.80 bits per heavy atom. The van der Waals surface area contributed by atoms with Crippen molar-refractivity contribution in [1.82, 2.24) is 0 Å². The van der Waals surface area contributed by atoms with Crippen molar-refractivity contribution in [2.75, 3.05) is 0 Å². The Kier molecular flexibility index (Phi) is 1.40. The molecule has 0 saturated carbocycles. The lowest BCUT2D eigenvalue weighted by atomic mass is 9.99. The zero-order valence-corrected chi connectivity index (χ0v) is 6.05. The van der Waals surface area contributed by atoms with Gasteiger partial charge in [-0.2, -0.15) is 5.26 Å². The van der Waals surface area contributed by atoms with E-state index in [9.17, 15) is 4.79 Å². The first-order valence-electron chi connectivity index (χ1n) is 3.18. The van der Waals surface area contributed by atoms with Gasteiger partial charge in [0.2, 0.25) is 0 Å². The first-order valence-corrected chi connectivity index (χ1v) is 3.18. The summed E-state index contributed by atoms with van der Waals surface area (Å²) in [6.07, 6.45) is 0.516. The van der Waals surface area contributed by atoms with Crippen LogP contribution in [-0.2, 0) is 9.53 Å². The van der Waals surface area contributed by atoms with Crippen molar-refractivity contribution in [1.29, 1.82) is 5.26 Å². The summed E-state index contributed by atoms with van der Waals surface area (Å²) < 4.78 is 4.89. The average Bonchev–Trinajstić information content (AvgIpc) is 2.05. The molecule has 54 valence electrons. The van der Waals surface area contributed by atoms with Gasteiger partial charge < -0.3 is 4.74 Å². The van der Waals surface area contributed by atoms with Crippen molar-refractivity contribution < 1.29 is 9.53 Å².